The quantitative estimate of drug-likeness (QED) is 0.296. The van der Waals surface area contributed by atoms with Gasteiger partial charge in [-0.3, -0.25) is 19.0 Å². The van der Waals surface area contributed by atoms with E-state index in [1.54, 1.807) is 34.9 Å². The zero-order chi connectivity index (χ0) is 22.4. The summed E-state index contributed by atoms with van der Waals surface area (Å²) in [5.74, 6) is -0.0649. The number of anilines is 1. The van der Waals surface area contributed by atoms with Crippen LogP contribution in [0.25, 0.3) is 10.9 Å². The highest BCUT2D eigenvalue weighted by atomic mass is 32.2. The first-order valence-electron chi connectivity index (χ1n) is 10.5. The Morgan fingerprint density at radius 1 is 1.10 bits per heavy atom. The van der Waals surface area contributed by atoms with Crippen LogP contribution in [0.1, 0.15) is 44.0 Å². The molecule has 0 bridgehead atoms. The molecule has 0 fully saturated rings. The van der Waals surface area contributed by atoms with Crippen LogP contribution in [-0.2, 0) is 11.3 Å². The van der Waals surface area contributed by atoms with Gasteiger partial charge in [0.1, 0.15) is 0 Å². The van der Waals surface area contributed by atoms with Gasteiger partial charge in [-0.25, -0.2) is 4.98 Å². The number of hydrogen-bond donors (Lipinski definition) is 1. The molecule has 0 aliphatic rings. The van der Waals surface area contributed by atoms with Crippen molar-refractivity contribution in [2.45, 2.75) is 45.3 Å². The molecule has 0 atom stereocenters. The van der Waals surface area contributed by atoms with Crippen molar-refractivity contribution in [3.8, 4) is 0 Å². The number of amides is 1. The lowest BCUT2D eigenvalue weighted by molar-refractivity contribution is -0.118. The number of thioether (sulfide) groups is 1. The molecule has 0 aliphatic carbocycles. The number of carbonyl (C=O) groups is 2. The fourth-order valence-electron chi connectivity index (χ4n) is 3.01. The minimum atomic E-state index is -0.113. The fourth-order valence-corrected chi connectivity index (χ4v) is 3.93. The Labute approximate surface area is 186 Å². The highest BCUT2D eigenvalue weighted by Crippen LogP contribution is 2.20. The second-order valence-corrected chi connectivity index (χ2v) is 8.60. The minimum absolute atomic E-state index is 0.0591. The van der Waals surface area contributed by atoms with E-state index in [-0.39, 0.29) is 28.9 Å². The Morgan fingerprint density at radius 3 is 2.48 bits per heavy atom. The average Bonchev–Trinajstić information content (AvgIpc) is 2.77. The van der Waals surface area contributed by atoms with Crippen LogP contribution in [0.5, 0.6) is 0 Å². The molecule has 1 aromatic heterocycles. The van der Waals surface area contributed by atoms with E-state index >= 15 is 0 Å². The molecule has 2 aromatic carbocycles. The summed E-state index contributed by atoms with van der Waals surface area (Å²) in [6, 6.07) is 14.1. The van der Waals surface area contributed by atoms with E-state index in [2.05, 4.69) is 17.2 Å². The molecule has 162 valence electrons. The van der Waals surface area contributed by atoms with Crippen molar-refractivity contribution in [2.24, 2.45) is 5.92 Å². The Morgan fingerprint density at radius 2 is 1.81 bits per heavy atom. The third-order valence-electron chi connectivity index (χ3n) is 4.89. The molecule has 3 aromatic rings. The summed E-state index contributed by atoms with van der Waals surface area (Å²) >= 11 is 1.28. The number of hydrogen-bond acceptors (Lipinski definition) is 5. The second kappa shape index (κ2) is 10.4. The van der Waals surface area contributed by atoms with Gasteiger partial charge in [-0.1, -0.05) is 51.1 Å². The minimum Gasteiger partial charge on any atom is -0.326 e. The van der Waals surface area contributed by atoms with E-state index in [9.17, 15) is 14.4 Å². The Hall–Kier alpha value is -2.93. The zero-order valence-electron chi connectivity index (χ0n) is 18.1. The zero-order valence-corrected chi connectivity index (χ0v) is 18.9. The van der Waals surface area contributed by atoms with Crippen molar-refractivity contribution in [3.05, 3.63) is 64.4 Å². The highest BCUT2D eigenvalue weighted by molar-refractivity contribution is 7.99. The predicted octanol–water partition coefficient (Wildman–Crippen LogP) is 4.77. The molecule has 0 spiro atoms. The average molecular weight is 438 g/mol. The van der Waals surface area contributed by atoms with Gasteiger partial charge < -0.3 is 5.32 Å². The Kier molecular flexibility index (Phi) is 7.63. The SMILES string of the molecule is CCCCn1c(SCC(=O)c2ccc(NC(=O)C(C)C)cc2)nc2ccccc2c1=O. The van der Waals surface area contributed by atoms with Crippen molar-refractivity contribution < 1.29 is 9.59 Å². The van der Waals surface area contributed by atoms with Crippen LogP contribution in [0.4, 0.5) is 5.69 Å². The lowest BCUT2D eigenvalue weighted by atomic mass is 10.1. The summed E-state index contributed by atoms with van der Waals surface area (Å²) in [6.07, 6.45) is 1.83. The van der Waals surface area contributed by atoms with Crippen molar-refractivity contribution in [1.82, 2.24) is 9.55 Å². The molecule has 3 rings (SSSR count). The lowest BCUT2D eigenvalue weighted by Crippen LogP contribution is -2.24. The van der Waals surface area contributed by atoms with E-state index in [1.165, 1.54) is 11.8 Å². The largest absolute Gasteiger partial charge is 0.326 e. The van der Waals surface area contributed by atoms with Crippen LogP contribution in [0, 0.1) is 5.92 Å². The monoisotopic (exact) mass is 437 g/mol. The van der Waals surface area contributed by atoms with Crippen LogP contribution in [0.3, 0.4) is 0 Å². The molecule has 6 nitrogen and oxygen atoms in total. The van der Waals surface area contributed by atoms with Gasteiger partial charge in [-0.05, 0) is 42.8 Å². The van der Waals surface area contributed by atoms with Gasteiger partial charge in [0.2, 0.25) is 5.91 Å². The number of unbranched alkanes of at least 4 members (excludes halogenated alkanes) is 1. The van der Waals surface area contributed by atoms with Crippen LogP contribution < -0.4 is 10.9 Å². The first-order valence-corrected chi connectivity index (χ1v) is 11.5. The first kappa shape index (κ1) is 22.7. The van der Waals surface area contributed by atoms with Gasteiger partial charge in [-0.2, -0.15) is 0 Å². The van der Waals surface area contributed by atoms with Crippen LogP contribution in [0.15, 0.2) is 58.5 Å². The van der Waals surface area contributed by atoms with Crippen molar-refractivity contribution in [1.29, 1.82) is 0 Å². The summed E-state index contributed by atoms with van der Waals surface area (Å²) in [6.45, 7) is 6.30. The maximum Gasteiger partial charge on any atom is 0.262 e. The molecule has 0 aliphatic heterocycles. The number of benzene rings is 2. The van der Waals surface area contributed by atoms with Crippen molar-refractivity contribution in [3.63, 3.8) is 0 Å². The number of aromatic nitrogens is 2. The Balaban J connectivity index is 1.76. The fraction of sp³-hybridized carbons (Fsp3) is 0.333. The first-order chi connectivity index (χ1) is 14.9. The summed E-state index contributed by atoms with van der Waals surface area (Å²) in [5, 5.41) is 3.96. The van der Waals surface area contributed by atoms with Crippen molar-refractivity contribution >= 4 is 40.0 Å². The molecule has 0 saturated heterocycles. The number of carbonyl (C=O) groups excluding carboxylic acids is 2. The molecule has 1 heterocycles. The van der Waals surface area contributed by atoms with E-state index < -0.39 is 0 Å². The van der Waals surface area contributed by atoms with E-state index in [0.29, 0.717) is 33.9 Å². The molecule has 0 unspecified atom stereocenters. The predicted molar refractivity (Wildman–Crippen MR) is 126 cm³/mol. The highest BCUT2D eigenvalue weighted by Gasteiger charge is 2.14. The van der Waals surface area contributed by atoms with Gasteiger partial charge in [0.05, 0.1) is 16.7 Å². The van der Waals surface area contributed by atoms with Gasteiger partial charge in [0.15, 0.2) is 10.9 Å². The molecule has 1 N–H and O–H groups in total. The third kappa shape index (κ3) is 5.61. The molecule has 0 radical (unpaired) electrons. The maximum absolute atomic E-state index is 12.9. The topological polar surface area (TPSA) is 81.1 Å². The van der Waals surface area contributed by atoms with Gasteiger partial charge >= 0.3 is 0 Å². The van der Waals surface area contributed by atoms with Gasteiger partial charge in [0, 0.05) is 23.7 Å². The molecule has 31 heavy (non-hydrogen) atoms. The summed E-state index contributed by atoms with van der Waals surface area (Å²) in [4.78, 5) is 42.1. The number of Topliss-reactive ketones (excluding diaryl/α,β-unsaturated/α-hetero) is 1. The van der Waals surface area contributed by atoms with Crippen molar-refractivity contribution in [2.75, 3.05) is 11.1 Å². The molecular formula is C24H27N3O3S. The number of para-hydroxylation sites is 1. The number of nitrogens with zero attached hydrogens (tertiary/aromatic N) is 2. The van der Waals surface area contributed by atoms with Crippen LogP contribution >= 0.6 is 11.8 Å². The number of nitrogens with one attached hydrogen (secondary N) is 1. The number of ketones is 1. The maximum atomic E-state index is 12.9. The number of rotatable bonds is 9. The summed E-state index contributed by atoms with van der Waals surface area (Å²) in [7, 11) is 0. The smallest absolute Gasteiger partial charge is 0.262 e. The third-order valence-corrected chi connectivity index (χ3v) is 5.87. The van der Waals surface area contributed by atoms with Crippen LogP contribution in [0.2, 0.25) is 0 Å². The Bertz CT molecular complexity index is 1140. The van der Waals surface area contributed by atoms with Gasteiger partial charge in [0.25, 0.3) is 5.56 Å². The molecule has 1 amide bonds. The van der Waals surface area contributed by atoms with E-state index in [4.69, 9.17) is 0 Å². The van der Waals surface area contributed by atoms with E-state index in [0.717, 1.165) is 12.8 Å². The summed E-state index contributed by atoms with van der Waals surface area (Å²) in [5.41, 5.74) is 1.78. The standard InChI is InChI=1S/C24H27N3O3S/c1-4-5-14-27-23(30)19-8-6-7-9-20(19)26-24(27)31-15-21(28)17-10-12-18(13-11-17)25-22(29)16(2)3/h6-13,16H,4-5,14-15H2,1-3H3,(H,25,29). The lowest BCUT2D eigenvalue weighted by Gasteiger charge is -2.12. The van der Waals surface area contributed by atoms with Gasteiger partial charge in [-0.15, -0.1) is 0 Å². The summed E-state index contributed by atoms with van der Waals surface area (Å²) < 4.78 is 1.67. The van der Waals surface area contributed by atoms with E-state index in [1.807, 2.05) is 32.0 Å². The second-order valence-electron chi connectivity index (χ2n) is 7.66. The van der Waals surface area contributed by atoms with Crippen LogP contribution in [-0.4, -0.2) is 27.0 Å². The number of fused-ring (bicyclic) bond motifs is 1. The normalized spacial score (nSPS) is 11.1. The molecular weight excluding hydrogens is 410 g/mol. The molecule has 7 heteroatoms. The molecule has 0 saturated carbocycles.